The van der Waals surface area contributed by atoms with Crippen LogP contribution >= 0.6 is 0 Å². The minimum atomic E-state index is 0.0264. The molecule has 0 aromatic carbocycles. The Labute approximate surface area is 109 Å². The molecule has 1 amide bonds. The smallest absolute Gasteiger partial charge is 0.226 e. The van der Waals surface area contributed by atoms with Crippen LogP contribution in [0.2, 0.25) is 0 Å². The molecule has 3 fully saturated rings. The Morgan fingerprint density at radius 3 is 2.56 bits per heavy atom. The third kappa shape index (κ3) is 2.16. The first-order valence-corrected chi connectivity index (χ1v) is 7.35. The molecular weight excluding hydrogens is 228 g/mol. The Bertz CT molecular complexity index is 322. The molecule has 2 N–H and O–H groups in total. The first-order chi connectivity index (χ1) is 8.70. The Morgan fingerprint density at radius 2 is 1.94 bits per heavy atom. The van der Waals surface area contributed by atoms with Gasteiger partial charge in [-0.1, -0.05) is 12.8 Å². The second-order valence-corrected chi connectivity index (χ2v) is 6.19. The van der Waals surface area contributed by atoms with E-state index in [1.165, 1.54) is 25.7 Å². The Kier molecular flexibility index (Phi) is 3.32. The average Bonchev–Trinajstić information content (AvgIpc) is 3.11. The van der Waals surface area contributed by atoms with Crippen LogP contribution in [0, 0.1) is 17.8 Å². The molecule has 4 unspecified atom stereocenters. The van der Waals surface area contributed by atoms with E-state index in [0.717, 1.165) is 6.54 Å². The molecule has 4 nitrogen and oxygen atoms in total. The van der Waals surface area contributed by atoms with Gasteiger partial charge in [-0.05, 0) is 31.6 Å². The van der Waals surface area contributed by atoms with Crippen molar-refractivity contribution < 1.29 is 9.53 Å². The van der Waals surface area contributed by atoms with Gasteiger partial charge < -0.3 is 15.4 Å². The zero-order chi connectivity index (χ0) is 12.7. The molecule has 3 aliphatic rings. The van der Waals surface area contributed by atoms with Crippen LogP contribution in [-0.2, 0) is 9.53 Å². The third-order valence-corrected chi connectivity index (χ3v) is 4.84. The maximum absolute atomic E-state index is 12.6. The van der Waals surface area contributed by atoms with Gasteiger partial charge >= 0.3 is 0 Å². The molecule has 102 valence electrons. The summed E-state index contributed by atoms with van der Waals surface area (Å²) in [6.45, 7) is 3.97. The lowest BCUT2D eigenvalue weighted by Crippen LogP contribution is -2.52. The Morgan fingerprint density at radius 1 is 1.28 bits per heavy atom. The number of rotatable bonds is 2. The molecule has 0 bridgehead atoms. The molecule has 1 saturated heterocycles. The summed E-state index contributed by atoms with van der Waals surface area (Å²) in [7, 11) is 0. The third-order valence-electron chi connectivity index (χ3n) is 4.84. The predicted octanol–water partition coefficient (Wildman–Crippen LogP) is 0.997. The van der Waals surface area contributed by atoms with Gasteiger partial charge in [0, 0.05) is 25.6 Å². The summed E-state index contributed by atoms with van der Waals surface area (Å²) in [5.74, 6) is 2.10. The minimum absolute atomic E-state index is 0.0264. The average molecular weight is 252 g/mol. The van der Waals surface area contributed by atoms with Crippen LogP contribution in [0.3, 0.4) is 0 Å². The summed E-state index contributed by atoms with van der Waals surface area (Å²) >= 11 is 0. The van der Waals surface area contributed by atoms with Gasteiger partial charge in [-0.3, -0.25) is 4.79 Å². The quantitative estimate of drug-likeness (QED) is 0.797. The molecule has 18 heavy (non-hydrogen) atoms. The lowest BCUT2D eigenvalue weighted by atomic mass is 10.0. The fourth-order valence-corrected chi connectivity index (χ4v) is 3.92. The van der Waals surface area contributed by atoms with Gasteiger partial charge in [-0.25, -0.2) is 0 Å². The van der Waals surface area contributed by atoms with Crippen LogP contribution in [0.1, 0.15) is 32.6 Å². The molecule has 4 heteroatoms. The lowest BCUT2D eigenvalue weighted by molar-refractivity contribution is -0.145. The minimum Gasteiger partial charge on any atom is -0.370 e. The molecule has 0 spiro atoms. The van der Waals surface area contributed by atoms with Crippen LogP contribution < -0.4 is 5.73 Å². The highest BCUT2D eigenvalue weighted by molar-refractivity contribution is 5.82. The van der Waals surface area contributed by atoms with Crippen molar-refractivity contribution in [3.8, 4) is 0 Å². The second-order valence-electron chi connectivity index (χ2n) is 6.19. The zero-order valence-electron chi connectivity index (χ0n) is 11.2. The SMILES string of the molecule is CC1CN(C(=O)C2C3CCCCC32)CC(CN)O1. The molecule has 0 aromatic rings. The van der Waals surface area contributed by atoms with Gasteiger partial charge in [-0.15, -0.1) is 0 Å². The van der Waals surface area contributed by atoms with E-state index in [0.29, 0.717) is 36.8 Å². The van der Waals surface area contributed by atoms with Crippen molar-refractivity contribution in [1.82, 2.24) is 4.90 Å². The first-order valence-electron chi connectivity index (χ1n) is 7.35. The maximum atomic E-state index is 12.6. The van der Waals surface area contributed by atoms with Crippen molar-refractivity contribution in [2.24, 2.45) is 23.5 Å². The van der Waals surface area contributed by atoms with E-state index < -0.39 is 0 Å². The first kappa shape index (κ1) is 12.4. The molecule has 0 aromatic heterocycles. The van der Waals surface area contributed by atoms with Crippen LogP contribution in [0.15, 0.2) is 0 Å². The second kappa shape index (κ2) is 4.82. The number of morpholine rings is 1. The number of hydrogen-bond donors (Lipinski definition) is 1. The van der Waals surface area contributed by atoms with Gasteiger partial charge in [0.05, 0.1) is 12.2 Å². The van der Waals surface area contributed by atoms with Crippen LogP contribution in [-0.4, -0.2) is 42.6 Å². The van der Waals surface area contributed by atoms with Crippen molar-refractivity contribution in [2.75, 3.05) is 19.6 Å². The van der Waals surface area contributed by atoms with Crippen LogP contribution in [0.5, 0.6) is 0 Å². The summed E-state index contributed by atoms with van der Waals surface area (Å²) in [5.41, 5.74) is 5.67. The van der Waals surface area contributed by atoms with Gasteiger partial charge in [0.25, 0.3) is 0 Å². The van der Waals surface area contributed by atoms with E-state index in [9.17, 15) is 4.79 Å². The number of carbonyl (C=O) groups is 1. The van der Waals surface area contributed by atoms with Crippen LogP contribution in [0.4, 0.5) is 0 Å². The largest absolute Gasteiger partial charge is 0.370 e. The van der Waals surface area contributed by atoms with E-state index in [1.54, 1.807) is 0 Å². The summed E-state index contributed by atoms with van der Waals surface area (Å²) in [6.07, 6.45) is 5.31. The molecule has 2 aliphatic carbocycles. The number of amides is 1. The van der Waals surface area contributed by atoms with E-state index in [2.05, 4.69) is 0 Å². The van der Waals surface area contributed by atoms with Gasteiger partial charge in [0.15, 0.2) is 0 Å². The standard InChI is InChI=1S/C14H24N2O2/c1-9-7-16(8-10(6-15)18-9)14(17)13-11-4-2-3-5-12(11)13/h9-13H,2-8,15H2,1H3. The van der Waals surface area contributed by atoms with Crippen molar-refractivity contribution >= 4 is 5.91 Å². The number of nitrogens with two attached hydrogens (primary N) is 1. The van der Waals surface area contributed by atoms with Gasteiger partial charge in [-0.2, -0.15) is 0 Å². The van der Waals surface area contributed by atoms with Crippen molar-refractivity contribution in [1.29, 1.82) is 0 Å². The highest BCUT2D eigenvalue weighted by Crippen LogP contribution is 2.56. The van der Waals surface area contributed by atoms with Crippen molar-refractivity contribution in [3.05, 3.63) is 0 Å². The number of ether oxygens (including phenoxy) is 1. The zero-order valence-corrected chi connectivity index (χ0v) is 11.2. The fraction of sp³-hybridized carbons (Fsp3) is 0.929. The number of hydrogen-bond acceptors (Lipinski definition) is 3. The molecule has 3 rings (SSSR count). The van der Waals surface area contributed by atoms with E-state index in [1.807, 2.05) is 11.8 Å². The maximum Gasteiger partial charge on any atom is 0.226 e. The predicted molar refractivity (Wildman–Crippen MR) is 68.9 cm³/mol. The molecule has 1 heterocycles. The van der Waals surface area contributed by atoms with Gasteiger partial charge in [0.1, 0.15) is 0 Å². The number of carbonyl (C=O) groups excluding carboxylic acids is 1. The lowest BCUT2D eigenvalue weighted by Gasteiger charge is -2.36. The molecule has 0 radical (unpaired) electrons. The number of nitrogens with zero attached hydrogens (tertiary/aromatic N) is 1. The van der Waals surface area contributed by atoms with E-state index in [4.69, 9.17) is 10.5 Å². The summed E-state index contributed by atoms with van der Waals surface area (Å²) in [4.78, 5) is 14.6. The summed E-state index contributed by atoms with van der Waals surface area (Å²) in [5, 5.41) is 0. The van der Waals surface area contributed by atoms with Crippen LogP contribution in [0.25, 0.3) is 0 Å². The molecule has 4 atom stereocenters. The topological polar surface area (TPSA) is 55.6 Å². The molecule has 1 aliphatic heterocycles. The van der Waals surface area contributed by atoms with Gasteiger partial charge in [0.2, 0.25) is 5.91 Å². The monoisotopic (exact) mass is 252 g/mol. The highest BCUT2D eigenvalue weighted by Gasteiger charge is 2.56. The van der Waals surface area contributed by atoms with E-state index in [-0.39, 0.29) is 12.2 Å². The molecule has 2 saturated carbocycles. The normalized spacial score (nSPS) is 43.4. The van der Waals surface area contributed by atoms with Crippen molar-refractivity contribution in [3.63, 3.8) is 0 Å². The Balaban J connectivity index is 1.62. The highest BCUT2D eigenvalue weighted by atomic mass is 16.5. The van der Waals surface area contributed by atoms with E-state index >= 15 is 0 Å². The Hall–Kier alpha value is -0.610. The molecular formula is C14H24N2O2. The summed E-state index contributed by atoms with van der Waals surface area (Å²) in [6, 6.07) is 0. The fourth-order valence-electron chi connectivity index (χ4n) is 3.92. The summed E-state index contributed by atoms with van der Waals surface area (Å²) < 4.78 is 5.72. The van der Waals surface area contributed by atoms with Crippen molar-refractivity contribution in [2.45, 2.75) is 44.8 Å². The number of fused-ring (bicyclic) bond motifs is 1.